The van der Waals surface area contributed by atoms with Crippen LogP contribution in [0.4, 0.5) is 4.39 Å². The lowest BCUT2D eigenvalue weighted by molar-refractivity contribution is -0.149. The van der Waals surface area contributed by atoms with Gasteiger partial charge in [0.1, 0.15) is 11.8 Å². The Morgan fingerprint density at radius 3 is 2.60 bits per heavy atom. The fourth-order valence-electron chi connectivity index (χ4n) is 3.27. The van der Waals surface area contributed by atoms with Gasteiger partial charge < -0.3 is 14.0 Å². The zero-order valence-electron chi connectivity index (χ0n) is 20.6. The highest BCUT2D eigenvalue weighted by atomic mass is 31.2. The molecule has 1 fully saturated rings. The zero-order valence-corrected chi connectivity index (χ0v) is 20.5. The van der Waals surface area contributed by atoms with Gasteiger partial charge in [-0.15, -0.1) is 0 Å². The van der Waals surface area contributed by atoms with Gasteiger partial charge in [-0.25, -0.2) is 13.8 Å². The van der Waals surface area contributed by atoms with Crippen LogP contribution >= 0.6 is 7.75 Å². The van der Waals surface area contributed by atoms with Crippen LogP contribution in [-0.4, -0.2) is 46.5 Å². The second-order valence-electron chi connectivity index (χ2n) is 8.29. The monoisotopic (exact) mass is 514 g/mol. The number of halogens is 1. The summed E-state index contributed by atoms with van der Waals surface area (Å²) in [6.45, 7) is 4.38. The highest BCUT2D eigenvalue weighted by molar-refractivity contribution is 7.52. The van der Waals surface area contributed by atoms with Crippen LogP contribution in [0.1, 0.15) is 35.3 Å². The maximum Gasteiger partial charge on any atom is 0.459 e. The number of carbonyl (C=O) groups excluding carboxylic acids is 1. The van der Waals surface area contributed by atoms with Gasteiger partial charge in [0, 0.05) is 18.2 Å². The van der Waals surface area contributed by atoms with E-state index in [-0.39, 0.29) is 5.75 Å². The fourth-order valence-corrected chi connectivity index (χ4v) is 4.68. The number of H-pyrrole nitrogens is 1. The Morgan fingerprint density at radius 1 is 1.29 bits per heavy atom. The van der Waals surface area contributed by atoms with Crippen LogP contribution in [0.15, 0.2) is 52.2 Å². The van der Waals surface area contributed by atoms with E-state index in [1.54, 1.807) is 32.0 Å². The molecule has 1 aliphatic rings. The summed E-state index contributed by atoms with van der Waals surface area (Å²) >= 11 is 0. The minimum absolute atomic E-state index is 0.131. The molecular weight excluding hydrogens is 484 g/mol. The maximum absolute atomic E-state index is 15.1. The number of rotatable bonds is 10. The minimum atomic E-state index is -4.41. The molecule has 0 spiro atoms. The Hall–Kier alpha value is -2.79. The molecule has 0 amide bonds. The van der Waals surface area contributed by atoms with E-state index in [1.165, 1.54) is 26.0 Å². The first-order valence-electron chi connectivity index (χ1n) is 11.5. The van der Waals surface area contributed by atoms with Crippen molar-refractivity contribution in [2.24, 2.45) is 5.92 Å². The Morgan fingerprint density at radius 2 is 1.97 bits per heavy atom. The van der Waals surface area contributed by atoms with E-state index in [2.05, 4.69) is 5.09 Å². The van der Waals surface area contributed by atoms with Crippen LogP contribution < -0.4 is 20.9 Å². The van der Waals surface area contributed by atoms with Crippen LogP contribution in [0, 0.1) is 5.92 Å². The van der Waals surface area contributed by atoms with Crippen molar-refractivity contribution in [3.63, 3.8) is 0 Å². The number of benzene rings is 1. The largest absolute Gasteiger partial charge is 0.462 e. The van der Waals surface area contributed by atoms with Crippen molar-refractivity contribution in [2.75, 3.05) is 6.58 Å². The smallest absolute Gasteiger partial charge is 0.459 e. The number of esters is 1. The molecule has 0 bridgehead atoms. The molecule has 3 rings (SSSR count). The molecule has 1 aromatic carbocycles. The summed E-state index contributed by atoms with van der Waals surface area (Å²) in [5, 5.41) is 2.46. The van der Waals surface area contributed by atoms with Crippen molar-refractivity contribution >= 4 is 13.7 Å². The van der Waals surface area contributed by atoms with Crippen molar-refractivity contribution in [3.05, 3.63) is 63.4 Å². The van der Waals surface area contributed by atoms with Crippen molar-refractivity contribution in [3.8, 4) is 5.75 Å². The number of para-hydroxylation sites is 1. The van der Waals surface area contributed by atoms with E-state index in [9.17, 15) is 18.9 Å². The number of nitrogens with zero attached hydrogens (tertiary/aromatic N) is 1. The van der Waals surface area contributed by atoms with E-state index in [0.717, 1.165) is 16.8 Å². The molecule has 0 aliphatic carbocycles. The Balaban J connectivity index is 1.82. The molecule has 2 N–H and O–H groups in total. The average Bonchev–Trinajstić information content (AvgIpc) is 3.08. The molecule has 1 aliphatic heterocycles. The third-order valence-electron chi connectivity index (χ3n) is 5.07. The van der Waals surface area contributed by atoms with E-state index in [0.29, 0.717) is 0 Å². The van der Waals surface area contributed by atoms with Crippen LogP contribution in [0.2, 0.25) is 0 Å². The second-order valence-corrected chi connectivity index (χ2v) is 9.94. The number of nitrogens with one attached hydrogen (secondary N) is 2. The van der Waals surface area contributed by atoms with E-state index in [1.807, 2.05) is 4.98 Å². The van der Waals surface area contributed by atoms with Gasteiger partial charge in [-0.1, -0.05) is 25.1 Å². The number of aromatic nitrogens is 2. The summed E-state index contributed by atoms with van der Waals surface area (Å²) in [6, 6.07) is 7.84. The molecule has 0 radical (unpaired) electrons. The molecule has 192 valence electrons. The lowest BCUT2D eigenvalue weighted by Crippen LogP contribution is -2.37. The van der Waals surface area contributed by atoms with Crippen LogP contribution in [0.3, 0.4) is 0 Å². The van der Waals surface area contributed by atoms with E-state index in [4.69, 9.17) is 19.9 Å². The van der Waals surface area contributed by atoms with Crippen molar-refractivity contribution in [2.45, 2.75) is 58.3 Å². The van der Waals surface area contributed by atoms with Crippen molar-refractivity contribution < 1.29 is 33.6 Å². The third-order valence-corrected chi connectivity index (χ3v) is 6.63. The Bertz CT molecular complexity index is 1210. The molecule has 2 heterocycles. The molecule has 1 saturated heterocycles. The summed E-state index contributed by atoms with van der Waals surface area (Å²) in [4.78, 5) is 37.7. The van der Waals surface area contributed by atoms with Gasteiger partial charge in [0.2, 0.25) is 0 Å². The first-order valence-corrected chi connectivity index (χ1v) is 12.5. The third kappa shape index (κ3) is 6.88. The maximum atomic E-state index is 15.1. The predicted octanol–water partition coefficient (Wildman–Crippen LogP) is 2.54. The normalized spacial score (nSPS) is 25.9. The lowest BCUT2D eigenvalue weighted by atomic mass is 10.0. The number of carbonyl (C=O) groups is 1. The topological polar surface area (TPSA) is 138 Å². The second kappa shape index (κ2) is 11.3. The number of hydrogen-bond acceptors (Lipinski definition) is 8. The van der Waals surface area contributed by atoms with Crippen LogP contribution in [0.25, 0.3) is 0 Å². The van der Waals surface area contributed by atoms with E-state index < -0.39 is 68.1 Å². The van der Waals surface area contributed by atoms with Gasteiger partial charge in [0.05, 0.1) is 20.2 Å². The number of alkyl halides is 1. The Kier molecular flexibility index (Phi) is 8.17. The summed E-state index contributed by atoms with van der Waals surface area (Å²) < 4.78 is 59.7. The highest BCUT2D eigenvalue weighted by Crippen LogP contribution is 2.46. The standard InChI is InChI=1S/C22H29FN3O8P/c1-13(2)32-21(28)15(4)25-35(30,34-16-8-6-5-7-9-16)31-12-17-14(3)19(23)20(33-17)26-11-10-18(27)24-22(26)29/h5-11,13-15,17,19-20H,12H2,1-4H3,(H,25,30)(H,24,27,29)/t14-,15+,17-,19-,20-,35+/m1/s1/i12D/t12?,14-,15+,17-,19-,20-,35+. The molecule has 0 saturated carbocycles. The molecule has 35 heavy (non-hydrogen) atoms. The molecule has 13 heteroatoms. The minimum Gasteiger partial charge on any atom is -0.462 e. The summed E-state index contributed by atoms with van der Waals surface area (Å²) in [6.07, 6.45) is -3.83. The van der Waals surface area contributed by atoms with E-state index >= 15 is 4.39 Å². The highest BCUT2D eigenvalue weighted by Gasteiger charge is 2.45. The quantitative estimate of drug-likeness (QED) is 0.362. The van der Waals surface area contributed by atoms with Crippen molar-refractivity contribution in [1.29, 1.82) is 0 Å². The number of aromatic amines is 1. The molecule has 1 unspecified atom stereocenters. The predicted molar refractivity (Wildman–Crippen MR) is 124 cm³/mol. The summed E-state index contributed by atoms with van der Waals surface area (Å²) in [7, 11) is -4.41. The van der Waals surface area contributed by atoms with Gasteiger partial charge in [0.15, 0.2) is 12.4 Å². The summed E-state index contributed by atoms with van der Waals surface area (Å²) in [5.41, 5.74) is -1.55. The van der Waals surface area contributed by atoms with Gasteiger partial charge >= 0.3 is 19.4 Å². The first-order chi connectivity index (χ1) is 16.9. The fraction of sp³-hybridized carbons (Fsp3) is 0.500. The summed E-state index contributed by atoms with van der Waals surface area (Å²) in [5.74, 6) is -1.56. The molecule has 1 aromatic heterocycles. The van der Waals surface area contributed by atoms with Crippen LogP contribution in [0.5, 0.6) is 5.75 Å². The SMILES string of the molecule is [2H]C(O[P@@](=O)(N[C@@H](C)C(=O)OC(C)C)Oc1ccccc1)[C@H]1O[C@@H](n2ccc(=O)[nH]c2=O)[C@H](F)[C@@H]1C. The molecular formula is C22H29FN3O8P. The molecule has 2 aromatic rings. The molecule has 11 nitrogen and oxygen atoms in total. The van der Waals surface area contributed by atoms with Crippen LogP contribution in [-0.2, 0) is 23.4 Å². The zero-order chi connectivity index (χ0) is 26.6. The lowest BCUT2D eigenvalue weighted by Gasteiger charge is -2.25. The molecule has 7 atom stereocenters. The number of ether oxygens (including phenoxy) is 2. The van der Waals surface area contributed by atoms with Crippen molar-refractivity contribution in [1.82, 2.24) is 14.6 Å². The van der Waals surface area contributed by atoms with Gasteiger partial charge in [0.25, 0.3) is 5.56 Å². The Labute approximate surface area is 202 Å². The average molecular weight is 514 g/mol. The first kappa shape index (κ1) is 25.3. The number of hydrogen-bond donors (Lipinski definition) is 2. The van der Waals surface area contributed by atoms with Gasteiger partial charge in [-0.05, 0) is 32.9 Å². The van der Waals surface area contributed by atoms with Gasteiger partial charge in [-0.2, -0.15) is 5.09 Å². The van der Waals surface area contributed by atoms with Gasteiger partial charge in [-0.3, -0.25) is 23.7 Å².